The summed E-state index contributed by atoms with van der Waals surface area (Å²) in [6.45, 7) is 5.16. The Bertz CT molecular complexity index is 1570. The summed E-state index contributed by atoms with van der Waals surface area (Å²) >= 11 is 7.00. The molecule has 5 nitrogen and oxygen atoms in total. The first kappa shape index (κ1) is 29.7. The van der Waals surface area contributed by atoms with E-state index in [4.69, 9.17) is 22.1 Å². The minimum atomic E-state index is -0.290. The maximum Gasteiger partial charge on any atom is 0.266 e. The molecule has 1 amide bonds. The summed E-state index contributed by atoms with van der Waals surface area (Å²) in [7, 11) is 0. The van der Waals surface area contributed by atoms with Crippen molar-refractivity contribution in [1.29, 1.82) is 0 Å². The number of nitrogens with zero attached hydrogens (tertiary/aromatic N) is 3. The van der Waals surface area contributed by atoms with Gasteiger partial charge in [0.05, 0.1) is 16.3 Å². The van der Waals surface area contributed by atoms with E-state index in [1.165, 1.54) is 17.8 Å². The highest BCUT2D eigenvalue weighted by Crippen LogP contribution is 2.36. The highest BCUT2D eigenvalue weighted by Gasteiger charge is 2.33. The normalized spacial score (nSPS) is 15.0. The molecule has 1 aliphatic rings. The molecule has 5 rings (SSSR count). The number of carbonyl (C=O) groups is 1. The first-order valence-electron chi connectivity index (χ1n) is 14.3. The molecular formula is C34H34FN3O2S2. The average molecular weight is 600 g/mol. The van der Waals surface area contributed by atoms with Gasteiger partial charge in [0.2, 0.25) is 0 Å². The van der Waals surface area contributed by atoms with Gasteiger partial charge in [0.15, 0.2) is 0 Å². The van der Waals surface area contributed by atoms with E-state index in [1.54, 1.807) is 23.1 Å². The van der Waals surface area contributed by atoms with Crippen molar-refractivity contribution in [3.05, 3.63) is 107 Å². The van der Waals surface area contributed by atoms with Gasteiger partial charge in [-0.3, -0.25) is 9.69 Å². The summed E-state index contributed by atoms with van der Waals surface area (Å²) in [5, 5.41) is 4.90. The van der Waals surface area contributed by atoms with Crippen LogP contribution in [0.3, 0.4) is 0 Å². The van der Waals surface area contributed by atoms with Gasteiger partial charge in [0.25, 0.3) is 5.91 Å². The van der Waals surface area contributed by atoms with Gasteiger partial charge >= 0.3 is 0 Å². The van der Waals surface area contributed by atoms with Crippen molar-refractivity contribution >= 4 is 40.3 Å². The minimum absolute atomic E-state index is 0.0461. The fourth-order valence-corrected chi connectivity index (χ4v) is 6.16. The van der Waals surface area contributed by atoms with Gasteiger partial charge in [-0.05, 0) is 60.9 Å². The fourth-order valence-electron chi connectivity index (χ4n) is 4.89. The number of ether oxygens (including phenoxy) is 1. The lowest BCUT2D eigenvalue weighted by molar-refractivity contribution is -0.122. The summed E-state index contributed by atoms with van der Waals surface area (Å²) in [6.07, 6.45) is 8.24. The molecule has 2 heterocycles. The predicted octanol–water partition coefficient (Wildman–Crippen LogP) is 8.68. The number of carbonyl (C=O) groups excluding carboxylic acids is 1. The molecule has 0 N–H and O–H groups in total. The van der Waals surface area contributed by atoms with E-state index in [-0.39, 0.29) is 18.3 Å². The number of hydrogen-bond acceptors (Lipinski definition) is 5. The number of rotatable bonds is 12. The largest absolute Gasteiger partial charge is 0.489 e. The molecule has 0 saturated carbocycles. The maximum atomic E-state index is 14.0. The lowest BCUT2D eigenvalue weighted by Crippen LogP contribution is -2.33. The molecule has 8 heteroatoms. The molecule has 42 heavy (non-hydrogen) atoms. The number of halogens is 1. The van der Waals surface area contributed by atoms with Crippen LogP contribution in [0, 0.1) is 11.7 Å². The van der Waals surface area contributed by atoms with Crippen molar-refractivity contribution in [1.82, 2.24) is 14.7 Å². The topological polar surface area (TPSA) is 47.4 Å². The lowest BCUT2D eigenvalue weighted by Gasteiger charge is -2.21. The van der Waals surface area contributed by atoms with Crippen LogP contribution in [0.2, 0.25) is 0 Å². The number of para-hydroxylation sites is 1. The van der Waals surface area contributed by atoms with Crippen molar-refractivity contribution in [2.24, 2.45) is 5.92 Å². The number of thioether (sulfide) groups is 1. The zero-order valence-electron chi connectivity index (χ0n) is 23.8. The Hall–Kier alpha value is -3.75. The molecule has 216 valence electrons. The molecule has 1 saturated heterocycles. The third-order valence-corrected chi connectivity index (χ3v) is 8.77. The summed E-state index contributed by atoms with van der Waals surface area (Å²) in [4.78, 5) is 15.9. The monoisotopic (exact) mass is 599 g/mol. The molecule has 1 atom stereocenters. The third-order valence-electron chi connectivity index (χ3n) is 7.39. The number of unbranched alkanes of at least 4 members (excludes halogenated alkanes) is 1. The third kappa shape index (κ3) is 6.99. The van der Waals surface area contributed by atoms with Crippen LogP contribution >= 0.6 is 24.0 Å². The van der Waals surface area contributed by atoms with E-state index in [0.717, 1.165) is 48.2 Å². The maximum absolute atomic E-state index is 14.0. The molecule has 0 bridgehead atoms. The Morgan fingerprint density at radius 2 is 1.76 bits per heavy atom. The standard InChI is InChI=1S/C34H34FN3O2S2/c1-3-5-11-24(4-2)21-37-33(39)31(42-34(37)41)20-27-22-38(28-13-7-6-8-14-28)36-32(27)25-16-18-29(19-17-25)40-23-26-12-9-10-15-30(26)35/h6-10,12-20,22,24H,3-5,11,21,23H2,1-2H3/b31-20-. The minimum Gasteiger partial charge on any atom is -0.489 e. The van der Waals surface area contributed by atoms with Crippen LogP contribution in [0.5, 0.6) is 5.75 Å². The van der Waals surface area contributed by atoms with Crippen LogP contribution in [-0.4, -0.2) is 31.5 Å². The second kappa shape index (κ2) is 13.9. The Labute approximate surface area is 256 Å². The second-order valence-electron chi connectivity index (χ2n) is 10.3. The molecule has 1 aliphatic heterocycles. The van der Waals surface area contributed by atoms with Gasteiger partial charge < -0.3 is 4.74 Å². The van der Waals surface area contributed by atoms with E-state index in [1.807, 2.05) is 71.6 Å². The first-order chi connectivity index (χ1) is 20.5. The molecule has 1 unspecified atom stereocenters. The van der Waals surface area contributed by atoms with Crippen LogP contribution in [-0.2, 0) is 11.4 Å². The number of hydrogen-bond donors (Lipinski definition) is 0. The van der Waals surface area contributed by atoms with Gasteiger partial charge in [0, 0.05) is 29.4 Å². The number of thiocarbonyl (C=S) groups is 1. The van der Waals surface area contributed by atoms with Gasteiger partial charge in [0.1, 0.15) is 22.5 Å². The van der Waals surface area contributed by atoms with Crippen LogP contribution in [0.4, 0.5) is 4.39 Å². The number of aromatic nitrogens is 2. The lowest BCUT2D eigenvalue weighted by atomic mass is 9.99. The Morgan fingerprint density at radius 1 is 1.02 bits per heavy atom. The smallest absolute Gasteiger partial charge is 0.266 e. The zero-order valence-corrected chi connectivity index (χ0v) is 25.5. The number of amides is 1. The summed E-state index contributed by atoms with van der Waals surface area (Å²) < 4.78 is 22.3. The molecular weight excluding hydrogens is 566 g/mol. The summed E-state index contributed by atoms with van der Waals surface area (Å²) in [5.41, 5.74) is 3.84. The van der Waals surface area contributed by atoms with E-state index < -0.39 is 0 Å². The summed E-state index contributed by atoms with van der Waals surface area (Å²) in [6, 6.07) is 24.0. The Balaban J connectivity index is 1.41. The highest BCUT2D eigenvalue weighted by molar-refractivity contribution is 8.26. The van der Waals surface area contributed by atoms with Crippen molar-refractivity contribution in [2.75, 3.05) is 6.54 Å². The quantitative estimate of drug-likeness (QED) is 0.120. The van der Waals surface area contributed by atoms with Gasteiger partial charge in [-0.2, -0.15) is 5.10 Å². The van der Waals surface area contributed by atoms with Crippen molar-refractivity contribution in [3.63, 3.8) is 0 Å². The summed E-state index contributed by atoms with van der Waals surface area (Å²) in [5.74, 6) is 0.722. The van der Waals surface area contributed by atoms with Crippen LogP contribution in [0.25, 0.3) is 23.0 Å². The van der Waals surface area contributed by atoms with Crippen molar-refractivity contribution in [3.8, 4) is 22.7 Å². The molecule has 4 aromatic rings. The van der Waals surface area contributed by atoms with Crippen LogP contribution in [0.1, 0.15) is 50.7 Å². The molecule has 1 aromatic heterocycles. The first-order valence-corrected chi connectivity index (χ1v) is 15.6. The van der Waals surface area contributed by atoms with E-state index in [0.29, 0.717) is 33.0 Å². The van der Waals surface area contributed by atoms with Gasteiger partial charge in [-0.1, -0.05) is 93.5 Å². The van der Waals surface area contributed by atoms with Gasteiger partial charge in [-0.15, -0.1) is 0 Å². The molecule has 3 aromatic carbocycles. The highest BCUT2D eigenvalue weighted by atomic mass is 32.2. The van der Waals surface area contributed by atoms with Crippen LogP contribution < -0.4 is 4.74 Å². The molecule has 1 fully saturated rings. The second-order valence-corrected chi connectivity index (χ2v) is 12.0. The van der Waals surface area contributed by atoms with Crippen LogP contribution in [0.15, 0.2) is 90.0 Å². The van der Waals surface area contributed by atoms with Crippen molar-refractivity contribution < 1.29 is 13.9 Å². The van der Waals surface area contributed by atoms with Crippen molar-refractivity contribution in [2.45, 2.75) is 46.1 Å². The Kier molecular flexibility index (Phi) is 9.87. The SMILES string of the molecule is CCCCC(CC)CN1C(=O)/C(=C/c2cn(-c3ccccc3)nc2-c2ccc(OCc3ccccc3F)cc2)SC1=S. The van der Waals surface area contributed by atoms with Gasteiger partial charge in [-0.25, -0.2) is 9.07 Å². The average Bonchev–Trinajstić information content (AvgIpc) is 3.55. The molecule has 0 aliphatic carbocycles. The fraction of sp³-hybridized carbons (Fsp3) is 0.265. The van der Waals surface area contributed by atoms with E-state index >= 15 is 0 Å². The molecule has 0 spiro atoms. The zero-order chi connectivity index (χ0) is 29.5. The number of benzene rings is 3. The van der Waals surface area contributed by atoms with E-state index in [2.05, 4.69) is 13.8 Å². The molecule has 0 radical (unpaired) electrons. The predicted molar refractivity (Wildman–Crippen MR) is 173 cm³/mol. The van der Waals surface area contributed by atoms with E-state index in [9.17, 15) is 9.18 Å². The Morgan fingerprint density at radius 3 is 2.48 bits per heavy atom.